The molecule has 4 heterocycles. The van der Waals surface area contributed by atoms with Gasteiger partial charge in [0.25, 0.3) is 0 Å². The summed E-state index contributed by atoms with van der Waals surface area (Å²) in [5.74, 6) is 1.03. The summed E-state index contributed by atoms with van der Waals surface area (Å²) >= 11 is 0. The molecule has 1 N–H and O–H groups in total. The highest BCUT2D eigenvalue weighted by Gasteiger charge is 2.32. The third-order valence-corrected chi connectivity index (χ3v) is 5.72. The van der Waals surface area contributed by atoms with Crippen molar-refractivity contribution in [3.05, 3.63) is 71.3 Å². The fraction of sp³-hybridized carbons (Fsp3) is 0.261. The fourth-order valence-electron chi connectivity index (χ4n) is 3.99. The molecule has 0 bridgehead atoms. The van der Waals surface area contributed by atoms with E-state index >= 15 is 0 Å². The van der Waals surface area contributed by atoms with Gasteiger partial charge in [-0.15, -0.1) is 0 Å². The first-order chi connectivity index (χ1) is 15.4. The summed E-state index contributed by atoms with van der Waals surface area (Å²) in [6.45, 7) is 2.88. The summed E-state index contributed by atoms with van der Waals surface area (Å²) < 4.78 is 47.1. The van der Waals surface area contributed by atoms with Crippen molar-refractivity contribution in [2.24, 2.45) is 0 Å². The van der Waals surface area contributed by atoms with Crippen molar-refractivity contribution < 1.29 is 17.9 Å². The number of ether oxygens (including phenoxy) is 1. The Kier molecular flexibility index (Phi) is 5.05. The molecule has 0 radical (unpaired) electrons. The summed E-state index contributed by atoms with van der Waals surface area (Å²) in [4.78, 5) is 13.5. The maximum atomic E-state index is 13.3. The topological polar surface area (TPSA) is 64.3 Å². The van der Waals surface area contributed by atoms with Crippen LogP contribution in [0.1, 0.15) is 28.8 Å². The van der Waals surface area contributed by atoms with E-state index in [0.717, 1.165) is 34.7 Å². The number of rotatable bonds is 4. The van der Waals surface area contributed by atoms with Gasteiger partial charge in [0, 0.05) is 24.3 Å². The van der Waals surface area contributed by atoms with Crippen LogP contribution in [0, 0.1) is 6.92 Å². The van der Waals surface area contributed by atoms with Crippen LogP contribution in [0.25, 0.3) is 22.3 Å². The lowest BCUT2D eigenvalue weighted by Crippen LogP contribution is -2.11. The van der Waals surface area contributed by atoms with Gasteiger partial charge in [-0.1, -0.05) is 18.2 Å². The number of alkyl halides is 3. The molecule has 0 atom stereocenters. The van der Waals surface area contributed by atoms with E-state index in [1.807, 2.05) is 16.5 Å². The van der Waals surface area contributed by atoms with Crippen molar-refractivity contribution in [1.29, 1.82) is 0 Å². The second-order valence-electron chi connectivity index (χ2n) is 7.64. The minimum atomic E-state index is -4.39. The third kappa shape index (κ3) is 3.69. The number of nitrogens with zero attached hydrogens (tertiary/aromatic N) is 4. The molecule has 164 valence electrons. The van der Waals surface area contributed by atoms with Crippen LogP contribution < -0.4 is 5.32 Å². The molecule has 0 saturated heterocycles. The van der Waals surface area contributed by atoms with Crippen LogP contribution in [-0.4, -0.2) is 32.6 Å². The Balaban J connectivity index is 1.56. The largest absolute Gasteiger partial charge is 0.416 e. The van der Waals surface area contributed by atoms with E-state index in [-0.39, 0.29) is 12.1 Å². The Bertz CT molecular complexity index is 1340. The van der Waals surface area contributed by atoms with Crippen molar-refractivity contribution >= 4 is 28.1 Å². The van der Waals surface area contributed by atoms with Crippen LogP contribution in [0.4, 0.5) is 19.0 Å². The first-order valence-corrected chi connectivity index (χ1v) is 10.2. The molecule has 0 aliphatic carbocycles. The van der Waals surface area contributed by atoms with Crippen molar-refractivity contribution in [3.8, 4) is 0 Å². The highest BCUT2D eigenvalue weighted by atomic mass is 19.4. The van der Waals surface area contributed by atoms with Gasteiger partial charge in [0.2, 0.25) is 5.78 Å². The number of hydrogen-bond acceptors (Lipinski definition) is 5. The van der Waals surface area contributed by atoms with Gasteiger partial charge in [0.05, 0.1) is 36.2 Å². The highest BCUT2D eigenvalue weighted by Crippen LogP contribution is 2.33. The second kappa shape index (κ2) is 7.90. The van der Waals surface area contributed by atoms with Gasteiger partial charge in [0.15, 0.2) is 0 Å². The molecular formula is C23H20F3N5O. The van der Waals surface area contributed by atoms with Crippen LogP contribution in [0.15, 0.2) is 48.9 Å². The number of imidazole rings is 1. The molecule has 6 nitrogen and oxygen atoms in total. The first-order valence-electron chi connectivity index (χ1n) is 10.2. The number of nitrogens with one attached hydrogen (secondary N) is 1. The maximum absolute atomic E-state index is 13.3. The zero-order chi connectivity index (χ0) is 22.3. The average molecular weight is 439 g/mol. The summed E-state index contributed by atoms with van der Waals surface area (Å²) in [6, 6.07) is 6.17. The molecule has 3 aromatic heterocycles. The van der Waals surface area contributed by atoms with Gasteiger partial charge in [-0.2, -0.15) is 18.2 Å². The molecule has 1 aromatic carbocycles. The summed E-state index contributed by atoms with van der Waals surface area (Å²) in [5, 5.41) is 4.05. The number of fused-ring (bicyclic) bond motifs is 3. The van der Waals surface area contributed by atoms with E-state index in [1.54, 1.807) is 24.7 Å². The standard InChI is InChI=1S/C23H20F3N5O/c1-14-16(3-2-4-18(14)23(24,25)26)12-29-21-17-11-19(15-5-9-32-10-6-15)28-13-20(17)31-8-7-27-22(31)30-21/h2-5,7-8,11,13H,6,9-10,12H2,1H3,(H,27,29,30). The summed E-state index contributed by atoms with van der Waals surface area (Å²) in [6.07, 6.45) is 3.62. The molecule has 0 fully saturated rings. The summed E-state index contributed by atoms with van der Waals surface area (Å²) in [5.41, 5.74) is 2.88. The zero-order valence-electron chi connectivity index (χ0n) is 17.3. The predicted octanol–water partition coefficient (Wildman–Crippen LogP) is 5.02. The van der Waals surface area contributed by atoms with Gasteiger partial charge in [-0.25, -0.2) is 4.98 Å². The smallest absolute Gasteiger partial charge is 0.377 e. The molecule has 32 heavy (non-hydrogen) atoms. The number of pyridine rings is 1. The van der Waals surface area contributed by atoms with E-state index in [0.29, 0.717) is 30.4 Å². The zero-order valence-corrected chi connectivity index (χ0v) is 17.3. The molecule has 9 heteroatoms. The minimum Gasteiger partial charge on any atom is -0.377 e. The lowest BCUT2D eigenvalue weighted by atomic mass is 10.0. The number of halogens is 3. The van der Waals surface area contributed by atoms with Gasteiger partial charge in [-0.05, 0) is 42.2 Å². The molecule has 1 aliphatic rings. The van der Waals surface area contributed by atoms with Gasteiger partial charge >= 0.3 is 6.18 Å². The quantitative estimate of drug-likeness (QED) is 0.484. The Morgan fingerprint density at radius 3 is 2.88 bits per heavy atom. The first kappa shape index (κ1) is 20.4. The van der Waals surface area contributed by atoms with Crippen molar-refractivity contribution in [2.45, 2.75) is 26.1 Å². The van der Waals surface area contributed by atoms with Crippen LogP contribution in [-0.2, 0) is 17.5 Å². The second-order valence-corrected chi connectivity index (χ2v) is 7.64. The molecule has 4 aromatic rings. The molecule has 1 aliphatic heterocycles. The summed E-state index contributed by atoms with van der Waals surface area (Å²) in [7, 11) is 0. The Labute approximate surface area is 181 Å². The Morgan fingerprint density at radius 2 is 2.09 bits per heavy atom. The minimum absolute atomic E-state index is 0.197. The van der Waals surface area contributed by atoms with E-state index in [4.69, 9.17) is 4.74 Å². The highest BCUT2D eigenvalue weighted by molar-refractivity contribution is 5.92. The van der Waals surface area contributed by atoms with Crippen LogP contribution in [0.3, 0.4) is 0 Å². The molecule has 0 saturated carbocycles. The van der Waals surface area contributed by atoms with Crippen LogP contribution >= 0.6 is 0 Å². The SMILES string of the molecule is Cc1c(CNc2nc3nccn3c3cnc(C4=CCOCC4)cc23)cccc1C(F)(F)F. The van der Waals surface area contributed by atoms with E-state index < -0.39 is 11.7 Å². The molecule has 5 rings (SSSR count). The monoisotopic (exact) mass is 439 g/mol. The van der Waals surface area contributed by atoms with Crippen LogP contribution in [0.2, 0.25) is 0 Å². The Morgan fingerprint density at radius 1 is 1.22 bits per heavy atom. The van der Waals surface area contributed by atoms with Crippen LogP contribution in [0.5, 0.6) is 0 Å². The lowest BCUT2D eigenvalue weighted by Gasteiger charge is -2.17. The lowest BCUT2D eigenvalue weighted by molar-refractivity contribution is -0.138. The third-order valence-electron chi connectivity index (χ3n) is 5.72. The molecule has 0 unspecified atom stereocenters. The molecular weight excluding hydrogens is 419 g/mol. The average Bonchev–Trinajstić information content (AvgIpc) is 3.26. The van der Waals surface area contributed by atoms with Crippen molar-refractivity contribution in [3.63, 3.8) is 0 Å². The number of hydrogen-bond donors (Lipinski definition) is 1. The normalized spacial score (nSPS) is 14.7. The maximum Gasteiger partial charge on any atom is 0.416 e. The van der Waals surface area contributed by atoms with E-state index in [1.165, 1.54) is 13.0 Å². The Hall–Kier alpha value is -3.46. The number of aromatic nitrogens is 4. The van der Waals surface area contributed by atoms with Crippen molar-refractivity contribution in [1.82, 2.24) is 19.4 Å². The van der Waals surface area contributed by atoms with Gasteiger partial charge < -0.3 is 10.1 Å². The predicted molar refractivity (Wildman–Crippen MR) is 115 cm³/mol. The van der Waals surface area contributed by atoms with Gasteiger partial charge in [0.1, 0.15) is 5.82 Å². The molecule has 0 amide bonds. The van der Waals surface area contributed by atoms with E-state index in [2.05, 4.69) is 20.3 Å². The fourth-order valence-corrected chi connectivity index (χ4v) is 3.99. The molecule has 0 spiro atoms. The van der Waals surface area contributed by atoms with Crippen molar-refractivity contribution in [2.75, 3.05) is 18.5 Å². The van der Waals surface area contributed by atoms with Gasteiger partial charge in [-0.3, -0.25) is 9.38 Å². The number of anilines is 1. The number of benzene rings is 1. The van der Waals surface area contributed by atoms with E-state index in [9.17, 15) is 13.2 Å².